The molecule has 1 heterocycles. The number of aromatic nitrogens is 1. The van der Waals surface area contributed by atoms with Crippen molar-refractivity contribution in [3.8, 4) is 0 Å². The van der Waals surface area contributed by atoms with Gasteiger partial charge in [0.2, 0.25) is 0 Å². The van der Waals surface area contributed by atoms with Crippen LogP contribution in [-0.4, -0.2) is 24.4 Å². The van der Waals surface area contributed by atoms with Crippen molar-refractivity contribution in [1.82, 2.24) is 4.98 Å². The molecule has 0 fully saturated rings. The van der Waals surface area contributed by atoms with E-state index in [1.807, 2.05) is 19.2 Å². The number of amidine groups is 1. The van der Waals surface area contributed by atoms with Crippen molar-refractivity contribution in [1.29, 1.82) is 5.41 Å². The van der Waals surface area contributed by atoms with Gasteiger partial charge in [0.05, 0.1) is 5.69 Å². The second-order valence-corrected chi connectivity index (χ2v) is 4.06. The van der Waals surface area contributed by atoms with Crippen LogP contribution in [-0.2, 0) is 0 Å². The molecule has 0 aliphatic heterocycles. The molecule has 82 valence electrons. The summed E-state index contributed by atoms with van der Waals surface area (Å²) < 4.78 is 0. The van der Waals surface area contributed by atoms with Gasteiger partial charge in [0.15, 0.2) is 0 Å². The van der Waals surface area contributed by atoms with Crippen molar-refractivity contribution >= 4 is 11.5 Å². The van der Waals surface area contributed by atoms with E-state index in [2.05, 4.69) is 23.7 Å². The quantitative estimate of drug-likeness (QED) is 0.579. The second kappa shape index (κ2) is 4.77. The summed E-state index contributed by atoms with van der Waals surface area (Å²) in [7, 11) is 1.99. The third kappa shape index (κ3) is 2.94. The van der Waals surface area contributed by atoms with Crippen LogP contribution >= 0.6 is 0 Å². The lowest BCUT2D eigenvalue weighted by molar-refractivity contribution is 0.637. The summed E-state index contributed by atoms with van der Waals surface area (Å²) in [5.74, 6) is 0.580. The molecule has 4 nitrogen and oxygen atoms in total. The van der Waals surface area contributed by atoms with Crippen LogP contribution in [0.2, 0.25) is 0 Å². The van der Waals surface area contributed by atoms with Crippen LogP contribution in [0.1, 0.15) is 19.5 Å². The largest absolute Gasteiger partial charge is 0.382 e. The second-order valence-electron chi connectivity index (χ2n) is 4.06. The first-order valence-electron chi connectivity index (χ1n) is 5.03. The third-order valence-electron chi connectivity index (χ3n) is 2.09. The molecule has 15 heavy (non-hydrogen) atoms. The molecule has 3 N–H and O–H groups in total. The van der Waals surface area contributed by atoms with E-state index in [0.717, 1.165) is 12.2 Å². The molecular weight excluding hydrogens is 188 g/mol. The number of anilines is 1. The normalized spacial score (nSPS) is 10.4. The molecule has 1 aromatic heterocycles. The van der Waals surface area contributed by atoms with Crippen LogP contribution in [0.3, 0.4) is 0 Å². The zero-order valence-corrected chi connectivity index (χ0v) is 9.49. The molecule has 0 aliphatic carbocycles. The van der Waals surface area contributed by atoms with Crippen molar-refractivity contribution in [2.45, 2.75) is 13.8 Å². The fourth-order valence-electron chi connectivity index (χ4n) is 1.56. The van der Waals surface area contributed by atoms with E-state index >= 15 is 0 Å². The van der Waals surface area contributed by atoms with Gasteiger partial charge in [-0.25, -0.2) is 0 Å². The number of hydrogen-bond donors (Lipinski definition) is 2. The predicted octanol–water partition coefficient (Wildman–Crippen LogP) is 1.46. The summed E-state index contributed by atoms with van der Waals surface area (Å²) >= 11 is 0. The first kappa shape index (κ1) is 11.5. The molecule has 0 aromatic carbocycles. The van der Waals surface area contributed by atoms with Crippen molar-refractivity contribution in [2.24, 2.45) is 11.7 Å². The number of nitrogens with zero attached hydrogens (tertiary/aromatic N) is 2. The molecule has 0 radical (unpaired) electrons. The average molecular weight is 206 g/mol. The Morgan fingerprint density at radius 3 is 2.80 bits per heavy atom. The average Bonchev–Trinajstić information content (AvgIpc) is 2.16. The molecule has 0 saturated heterocycles. The molecule has 0 unspecified atom stereocenters. The Hall–Kier alpha value is -1.58. The van der Waals surface area contributed by atoms with Crippen molar-refractivity contribution in [2.75, 3.05) is 18.5 Å². The Bertz CT molecular complexity index is 346. The minimum Gasteiger partial charge on any atom is -0.382 e. The van der Waals surface area contributed by atoms with Crippen LogP contribution in [0, 0.1) is 11.3 Å². The number of rotatable bonds is 4. The molecule has 1 aromatic rings. The smallest absolute Gasteiger partial charge is 0.143 e. The van der Waals surface area contributed by atoms with Gasteiger partial charge < -0.3 is 10.6 Å². The number of pyridine rings is 1. The first-order chi connectivity index (χ1) is 7.02. The molecule has 0 spiro atoms. The maximum atomic E-state index is 7.44. The van der Waals surface area contributed by atoms with Crippen molar-refractivity contribution < 1.29 is 0 Å². The fourth-order valence-corrected chi connectivity index (χ4v) is 1.56. The molecule has 0 atom stereocenters. The van der Waals surface area contributed by atoms with Crippen LogP contribution in [0.4, 0.5) is 5.69 Å². The van der Waals surface area contributed by atoms with E-state index in [1.165, 1.54) is 0 Å². The van der Waals surface area contributed by atoms with E-state index in [4.69, 9.17) is 11.1 Å². The van der Waals surface area contributed by atoms with Gasteiger partial charge in [-0.2, -0.15) is 0 Å². The number of nitrogens with one attached hydrogen (secondary N) is 1. The third-order valence-corrected chi connectivity index (χ3v) is 2.09. The van der Waals surface area contributed by atoms with Gasteiger partial charge in [-0.1, -0.05) is 13.8 Å². The Kier molecular flexibility index (Phi) is 3.66. The molecular formula is C11H18N4. The molecule has 0 amide bonds. The summed E-state index contributed by atoms with van der Waals surface area (Å²) in [6.07, 6.45) is 1.66. The van der Waals surface area contributed by atoms with Crippen LogP contribution in [0.5, 0.6) is 0 Å². The van der Waals surface area contributed by atoms with E-state index in [9.17, 15) is 0 Å². The van der Waals surface area contributed by atoms with Gasteiger partial charge in [-0.05, 0) is 18.1 Å². The van der Waals surface area contributed by atoms with Gasteiger partial charge in [-0.15, -0.1) is 0 Å². The standard InChI is InChI=1S/C11H18N4/c1-8(2)7-15(3)9-5-4-6-14-10(9)11(12)13/h4-6,8H,7H2,1-3H3,(H3,12,13). The lowest BCUT2D eigenvalue weighted by atomic mass is 10.2. The number of nitrogen functional groups attached to an aromatic ring is 1. The van der Waals surface area contributed by atoms with Crippen molar-refractivity contribution in [3.05, 3.63) is 24.0 Å². The van der Waals surface area contributed by atoms with E-state index in [-0.39, 0.29) is 5.84 Å². The van der Waals surface area contributed by atoms with E-state index < -0.39 is 0 Å². The highest BCUT2D eigenvalue weighted by Crippen LogP contribution is 2.17. The molecule has 0 bridgehead atoms. The van der Waals surface area contributed by atoms with E-state index in [1.54, 1.807) is 6.20 Å². The fraction of sp³-hybridized carbons (Fsp3) is 0.455. The highest BCUT2D eigenvalue weighted by atomic mass is 15.1. The minimum atomic E-state index is 0.0150. The summed E-state index contributed by atoms with van der Waals surface area (Å²) in [5, 5.41) is 7.44. The Labute approximate surface area is 90.6 Å². The Morgan fingerprint density at radius 1 is 1.60 bits per heavy atom. The summed E-state index contributed by atoms with van der Waals surface area (Å²) in [5.41, 5.74) is 6.95. The van der Waals surface area contributed by atoms with Gasteiger partial charge in [-0.3, -0.25) is 10.4 Å². The van der Waals surface area contributed by atoms with Crippen LogP contribution in [0.15, 0.2) is 18.3 Å². The maximum absolute atomic E-state index is 7.44. The van der Waals surface area contributed by atoms with Gasteiger partial charge >= 0.3 is 0 Å². The zero-order chi connectivity index (χ0) is 11.4. The highest BCUT2D eigenvalue weighted by molar-refractivity contribution is 5.98. The van der Waals surface area contributed by atoms with E-state index in [0.29, 0.717) is 11.6 Å². The zero-order valence-electron chi connectivity index (χ0n) is 9.49. The number of hydrogen-bond acceptors (Lipinski definition) is 3. The van der Waals surface area contributed by atoms with Gasteiger partial charge in [0.25, 0.3) is 0 Å². The highest BCUT2D eigenvalue weighted by Gasteiger charge is 2.11. The molecule has 0 saturated carbocycles. The molecule has 0 aliphatic rings. The van der Waals surface area contributed by atoms with Crippen molar-refractivity contribution in [3.63, 3.8) is 0 Å². The van der Waals surface area contributed by atoms with Gasteiger partial charge in [0.1, 0.15) is 11.5 Å². The van der Waals surface area contributed by atoms with Gasteiger partial charge in [0, 0.05) is 19.8 Å². The monoisotopic (exact) mass is 206 g/mol. The SMILES string of the molecule is CC(C)CN(C)c1cccnc1C(=N)N. The van der Waals surface area contributed by atoms with Crippen LogP contribution < -0.4 is 10.6 Å². The maximum Gasteiger partial charge on any atom is 0.143 e. The first-order valence-corrected chi connectivity index (χ1v) is 5.03. The Balaban J connectivity index is 2.97. The number of nitrogens with two attached hydrogens (primary N) is 1. The summed E-state index contributed by atoms with van der Waals surface area (Å²) in [6.45, 7) is 5.23. The topological polar surface area (TPSA) is 66.0 Å². The van der Waals surface area contributed by atoms with Crippen LogP contribution in [0.25, 0.3) is 0 Å². The molecule has 4 heteroatoms. The summed E-state index contributed by atoms with van der Waals surface area (Å²) in [6, 6.07) is 3.80. The Morgan fingerprint density at radius 2 is 2.27 bits per heavy atom. The predicted molar refractivity (Wildman–Crippen MR) is 63.4 cm³/mol. The lowest BCUT2D eigenvalue weighted by Gasteiger charge is -2.23. The summed E-state index contributed by atoms with van der Waals surface area (Å²) in [4.78, 5) is 6.19. The molecule has 1 rings (SSSR count). The minimum absolute atomic E-state index is 0.0150. The lowest BCUT2D eigenvalue weighted by Crippen LogP contribution is -2.26.